The van der Waals surface area contributed by atoms with Gasteiger partial charge in [-0.3, -0.25) is 4.79 Å². The van der Waals surface area contributed by atoms with Crippen LogP contribution in [0, 0.1) is 0 Å². The first-order valence-electron chi connectivity index (χ1n) is 6.60. The fraction of sp³-hybridized carbons (Fsp3) is 0.0556. The number of hydrogen-bond acceptors (Lipinski definition) is 1. The minimum atomic E-state index is 0.0598. The molecule has 0 aliphatic heterocycles. The molecule has 0 saturated heterocycles. The average Bonchev–Trinajstić information content (AvgIpc) is 2.87. The lowest BCUT2D eigenvalue weighted by molar-refractivity contribution is 0.104. The van der Waals surface area contributed by atoms with Gasteiger partial charge in [-0.05, 0) is 6.07 Å². The van der Waals surface area contributed by atoms with E-state index in [-0.39, 0.29) is 5.78 Å². The van der Waals surface area contributed by atoms with Crippen LogP contribution in [0.5, 0.6) is 0 Å². The van der Waals surface area contributed by atoms with Gasteiger partial charge in [0.1, 0.15) is 0 Å². The number of hydrogen-bond donors (Lipinski definition) is 0. The average molecular weight is 261 g/mol. The minimum absolute atomic E-state index is 0.0598. The van der Waals surface area contributed by atoms with Crippen LogP contribution in [0.4, 0.5) is 0 Å². The van der Waals surface area contributed by atoms with E-state index in [0.717, 1.165) is 16.5 Å². The molecule has 0 aliphatic rings. The van der Waals surface area contributed by atoms with Crippen molar-refractivity contribution in [3.63, 3.8) is 0 Å². The smallest absolute Gasteiger partial charge is 0.195 e. The van der Waals surface area contributed by atoms with Gasteiger partial charge in [-0.2, -0.15) is 0 Å². The number of nitrogens with zero attached hydrogens (tertiary/aromatic N) is 1. The Morgan fingerprint density at radius 1 is 1.05 bits per heavy atom. The van der Waals surface area contributed by atoms with E-state index >= 15 is 0 Å². The molecule has 0 unspecified atom stereocenters. The number of aromatic nitrogens is 1. The van der Waals surface area contributed by atoms with Crippen LogP contribution in [0.25, 0.3) is 10.9 Å². The van der Waals surface area contributed by atoms with Crippen molar-refractivity contribution in [1.29, 1.82) is 0 Å². The predicted molar refractivity (Wildman–Crippen MR) is 82.0 cm³/mol. The molecule has 2 aromatic carbocycles. The maximum absolute atomic E-state index is 12.6. The van der Waals surface area contributed by atoms with E-state index in [4.69, 9.17) is 0 Å². The summed E-state index contributed by atoms with van der Waals surface area (Å²) >= 11 is 0. The summed E-state index contributed by atoms with van der Waals surface area (Å²) in [5.74, 6) is 0.0598. The number of benzene rings is 2. The minimum Gasteiger partial charge on any atom is -0.343 e. The van der Waals surface area contributed by atoms with E-state index in [0.29, 0.717) is 12.1 Å². The number of ketones is 1. The first-order chi connectivity index (χ1) is 9.81. The highest BCUT2D eigenvalue weighted by atomic mass is 16.1. The topological polar surface area (TPSA) is 22.0 Å². The summed E-state index contributed by atoms with van der Waals surface area (Å²) in [6.45, 7) is 4.47. The van der Waals surface area contributed by atoms with Crippen LogP contribution in [-0.2, 0) is 6.54 Å². The van der Waals surface area contributed by atoms with Gasteiger partial charge in [-0.25, -0.2) is 0 Å². The summed E-state index contributed by atoms with van der Waals surface area (Å²) in [5, 5.41) is 0.989. The molecule has 2 heteroatoms. The SMILES string of the molecule is C=CCn1cc(C(=O)c2ccccc2)c2ccccc21. The van der Waals surface area contributed by atoms with Gasteiger partial charge in [-0.1, -0.05) is 54.6 Å². The van der Waals surface area contributed by atoms with Gasteiger partial charge in [-0.15, -0.1) is 6.58 Å². The Morgan fingerprint density at radius 3 is 2.50 bits per heavy atom. The predicted octanol–water partition coefficient (Wildman–Crippen LogP) is 4.06. The molecule has 0 saturated carbocycles. The standard InChI is InChI=1S/C18H15NO/c1-2-12-19-13-16(15-10-6-7-11-17(15)19)18(20)14-8-4-3-5-9-14/h2-11,13H,1,12H2. The Bertz CT molecular complexity index is 768. The first-order valence-corrected chi connectivity index (χ1v) is 6.60. The molecule has 0 atom stereocenters. The number of para-hydroxylation sites is 1. The van der Waals surface area contributed by atoms with Gasteiger partial charge in [0.05, 0.1) is 0 Å². The number of rotatable bonds is 4. The van der Waals surface area contributed by atoms with Crippen LogP contribution < -0.4 is 0 Å². The van der Waals surface area contributed by atoms with E-state index in [1.807, 2.05) is 66.9 Å². The lowest BCUT2D eigenvalue weighted by atomic mass is 10.0. The van der Waals surface area contributed by atoms with E-state index in [1.165, 1.54) is 0 Å². The highest BCUT2D eigenvalue weighted by Gasteiger charge is 2.15. The third-order valence-corrected chi connectivity index (χ3v) is 3.39. The lowest BCUT2D eigenvalue weighted by Gasteiger charge is -1.98. The van der Waals surface area contributed by atoms with Crippen molar-refractivity contribution in [2.75, 3.05) is 0 Å². The quantitative estimate of drug-likeness (QED) is 0.513. The van der Waals surface area contributed by atoms with Crippen molar-refractivity contribution >= 4 is 16.7 Å². The van der Waals surface area contributed by atoms with Gasteiger partial charge in [0.25, 0.3) is 0 Å². The van der Waals surface area contributed by atoms with Gasteiger partial charge in [0.15, 0.2) is 5.78 Å². The Hall–Kier alpha value is -2.61. The summed E-state index contributed by atoms with van der Waals surface area (Å²) < 4.78 is 2.05. The van der Waals surface area contributed by atoms with Crippen molar-refractivity contribution in [1.82, 2.24) is 4.57 Å². The maximum atomic E-state index is 12.6. The summed E-state index contributed by atoms with van der Waals surface area (Å²) in [7, 11) is 0. The van der Waals surface area contributed by atoms with Gasteiger partial charge in [0.2, 0.25) is 0 Å². The Morgan fingerprint density at radius 2 is 1.75 bits per heavy atom. The molecule has 1 aromatic heterocycles. The molecule has 3 rings (SSSR count). The van der Waals surface area contributed by atoms with E-state index in [9.17, 15) is 4.79 Å². The van der Waals surface area contributed by atoms with E-state index in [2.05, 4.69) is 11.1 Å². The summed E-state index contributed by atoms with van der Waals surface area (Å²) in [6, 6.07) is 17.3. The van der Waals surface area contributed by atoms with Crippen molar-refractivity contribution in [2.45, 2.75) is 6.54 Å². The lowest BCUT2D eigenvalue weighted by Crippen LogP contribution is -2.00. The van der Waals surface area contributed by atoms with Crippen LogP contribution in [0.2, 0.25) is 0 Å². The van der Waals surface area contributed by atoms with Crippen LogP contribution in [-0.4, -0.2) is 10.4 Å². The first kappa shape index (κ1) is 12.4. The molecule has 98 valence electrons. The fourth-order valence-corrected chi connectivity index (χ4v) is 2.46. The van der Waals surface area contributed by atoms with Gasteiger partial charge >= 0.3 is 0 Å². The van der Waals surface area contributed by atoms with Gasteiger partial charge < -0.3 is 4.57 Å². The largest absolute Gasteiger partial charge is 0.343 e. The summed E-state index contributed by atoms with van der Waals surface area (Å²) in [4.78, 5) is 12.6. The highest BCUT2D eigenvalue weighted by Crippen LogP contribution is 2.23. The number of fused-ring (bicyclic) bond motifs is 1. The second-order valence-electron chi connectivity index (χ2n) is 4.70. The third-order valence-electron chi connectivity index (χ3n) is 3.39. The van der Waals surface area contributed by atoms with Crippen molar-refractivity contribution in [3.05, 3.63) is 84.6 Å². The van der Waals surface area contributed by atoms with Crippen molar-refractivity contribution < 1.29 is 4.79 Å². The van der Waals surface area contributed by atoms with E-state index < -0.39 is 0 Å². The fourth-order valence-electron chi connectivity index (χ4n) is 2.46. The zero-order valence-corrected chi connectivity index (χ0v) is 11.1. The third kappa shape index (κ3) is 2.05. The Balaban J connectivity index is 2.17. The molecule has 0 radical (unpaired) electrons. The van der Waals surface area contributed by atoms with Gasteiger partial charge in [0, 0.05) is 34.8 Å². The number of allylic oxidation sites excluding steroid dienone is 1. The maximum Gasteiger partial charge on any atom is 0.195 e. The second-order valence-corrected chi connectivity index (χ2v) is 4.70. The van der Waals surface area contributed by atoms with Crippen LogP contribution in [0.3, 0.4) is 0 Å². The number of carbonyl (C=O) groups excluding carboxylic acids is 1. The molecule has 0 spiro atoms. The van der Waals surface area contributed by atoms with Crippen LogP contribution in [0.15, 0.2) is 73.4 Å². The molecule has 0 bridgehead atoms. The highest BCUT2D eigenvalue weighted by molar-refractivity contribution is 6.16. The Labute approximate surface area is 118 Å². The van der Waals surface area contributed by atoms with Crippen molar-refractivity contribution in [3.8, 4) is 0 Å². The van der Waals surface area contributed by atoms with E-state index in [1.54, 1.807) is 0 Å². The Kier molecular flexibility index (Phi) is 3.21. The molecular formula is C18H15NO. The molecule has 1 heterocycles. The molecule has 0 N–H and O–H groups in total. The molecule has 3 aromatic rings. The summed E-state index contributed by atoms with van der Waals surface area (Å²) in [6.07, 6.45) is 3.75. The molecule has 2 nitrogen and oxygen atoms in total. The zero-order chi connectivity index (χ0) is 13.9. The monoisotopic (exact) mass is 261 g/mol. The zero-order valence-electron chi connectivity index (χ0n) is 11.1. The van der Waals surface area contributed by atoms with Crippen LogP contribution in [0.1, 0.15) is 15.9 Å². The molecule has 20 heavy (non-hydrogen) atoms. The van der Waals surface area contributed by atoms with Crippen molar-refractivity contribution in [2.24, 2.45) is 0 Å². The second kappa shape index (κ2) is 5.17. The number of carbonyl (C=O) groups is 1. The molecule has 0 aliphatic carbocycles. The molecule has 0 fully saturated rings. The normalized spacial score (nSPS) is 10.6. The summed E-state index contributed by atoms with van der Waals surface area (Å²) in [5.41, 5.74) is 2.52. The molecular weight excluding hydrogens is 246 g/mol. The van der Waals surface area contributed by atoms with Crippen LogP contribution >= 0.6 is 0 Å². The molecule has 0 amide bonds.